The Kier molecular flexibility index (Phi) is 6.90. The SMILES string of the molecule is CC(C)(CO)Nc1nc(SCc2ccccc2)nc2nc(NCCc3c[nH]c4ccccc34)sc12. The summed E-state index contributed by atoms with van der Waals surface area (Å²) in [7, 11) is 0. The highest BCUT2D eigenvalue weighted by molar-refractivity contribution is 7.98. The van der Waals surface area contributed by atoms with Crippen molar-refractivity contribution in [2.45, 2.75) is 36.7 Å². The third-order valence-corrected chi connectivity index (χ3v) is 7.57. The zero-order valence-corrected chi connectivity index (χ0v) is 21.3. The summed E-state index contributed by atoms with van der Waals surface area (Å²) in [6, 6.07) is 18.6. The van der Waals surface area contributed by atoms with Crippen LogP contribution in [0.3, 0.4) is 0 Å². The second-order valence-electron chi connectivity index (χ2n) is 9.00. The minimum absolute atomic E-state index is 0.0144. The molecule has 0 amide bonds. The zero-order valence-electron chi connectivity index (χ0n) is 19.7. The molecule has 7 nitrogen and oxygen atoms in total. The van der Waals surface area contributed by atoms with Gasteiger partial charge in [0.25, 0.3) is 0 Å². The number of aromatic amines is 1. The lowest BCUT2D eigenvalue weighted by Gasteiger charge is -2.24. The maximum atomic E-state index is 9.80. The topological polar surface area (TPSA) is 98.8 Å². The van der Waals surface area contributed by atoms with Crippen molar-refractivity contribution in [3.05, 3.63) is 71.9 Å². The molecule has 0 fully saturated rings. The van der Waals surface area contributed by atoms with E-state index >= 15 is 0 Å². The van der Waals surface area contributed by atoms with E-state index in [-0.39, 0.29) is 6.61 Å². The Bertz CT molecular complexity index is 1430. The molecule has 0 aliphatic heterocycles. The minimum atomic E-state index is -0.518. The summed E-state index contributed by atoms with van der Waals surface area (Å²) in [5, 5.41) is 19.4. The van der Waals surface area contributed by atoms with Crippen LogP contribution in [0, 0.1) is 0 Å². The fourth-order valence-electron chi connectivity index (χ4n) is 3.75. The molecule has 180 valence electrons. The van der Waals surface area contributed by atoms with E-state index in [0.717, 1.165) is 34.1 Å². The molecule has 0 radical (unpaired) electrons. The van der Waals surface area contributed by atoms with Gasteiger partial charge in [0.15, 0.2) is 21.8 Å². The average molecular weight is 505 g/mol. The molecule has 4 N–H and O–H groups in total. The lowest BCUT2D eigenvalue weighted by molar-refractivity contribution is 0.234. The number of para-hydroxylation sites is 1. The summed E-state index contributed by atoms with van der Waals surface area (Å²) in [6.45, 7) is 4.63. The number of aliphatic hydroxyl groups excluding tert-OH is 1. The number of benzene rings is 2. The van der Waals surface area contributed by atoms with Gasteiger partial charge in [-0.2, -0.15) is 4.98 Å². The van der Waals surface area contributed by atoms with Gasteiger partial charge in [-0.3, -0.25) is 0 Å². The molecule has 35 heavy (non-hydrogen) atoms. The summed E-state index contributed by atoms with van der Waals surface area (Å²) in [5.74, 6) is 1.47. The van der Waals surface area contributed by atoms with Crippen molar-refractivity contribution in [2.75, 3.05) is 23.8 Å². The van der Waals surface area contributed by atoms with Crippen LogP contribution in [0.2, 0.25) is 0 Å². The second-order valence-corrected chi connectivity index (χ2v) is 10.9. The molecule has 0 aliphatic rings. The number of nitrogens with zero attached hydrogens (tertiary/aromatic N) is 3. The smallest absolute Gasteiger partial charge is 0.191 e. The monoisotopic (exact) mass is 504 g/mol. The molecular formula is C26H28N6OS2. The van der Waals surface area contributed by atoms with Crippen LogP contribution in [-0.4, -0.2) is 43.7 Å². The van der Waals surface area contributed by atoms with Crippen molar-refractivity contribution in [1.29, 1.82) is 0 Å². The van der Waals surface area contributed by atoms with Crippen LogP contribution in [0.5, 0.6) is 0 Å². The summed E-state index contributed by atoms with van der Waals surface area (Å²) >= 11 is 3.11. The van der Waals surface area contributed by atoms with Crippen molar-refractivity contribution in [1.82, 2.24) is 19.9 Å². The number of aliphatic hydroxyl groups is 1. The van der Waals surface area contributed by atoms with Crippen molar-refractivity contribution in [3.63, 3.8) is 0 Å². The Morgan fingerprint density at radius 3 is 2.66 bits per heavy atom. The van der Waals surface area contributed by atoms with Gasteiger partial charge in [-0.15, -0.1) is 0 Å². The highest BCUT2D eigenvalue weighted by Gasteiger charge is 2.21. The van der Waals surface area contributed by atoms with E-state index in [9.17, 15) is 5.11 Å². The first-order valence-electron chi connectivity index (χ1n) is 11.5. The molecule has 5 aromatic rings. The number of nitrogens with one attached hydrogen (secondary N) is 3. The average Bonchev–Trinajstić information content (AvgIpc) is 3.47. The van der Waals surface area contributed by atoms with Crippen LogP contribution in [0.25, 0.3) is 21.3 Å². The lowest BCUT2D eigenvalue weighted by Crippen LogP contribution is -2.35. The summed E-state index contributed by atoms with van der Waals surface area (Å²) in [6.07, 6.45) is 2.96. The number of thioether (sulfide) groups is 1. The molecule has 2 aromatic carbocycles. The van der Waals surface area contributed by atoms with Crippen LogP contribution < -0.4 is 10.6 Å². The normalized spacial score (nSPS) is 11.9. The van der Waals surface area contributed by atoms with Gasteiger partial charge in [-0.05, 0) is 37.5 Å². The Balaban J connectivity index is 1.35. The van der Waals surface area contributed by atoms with Crippen LogP contribution in [0.15, 0.2) is 66.0 Å². The molecule has 0 spiro atoms. The lowest BCUT2D eigenvalue weighted by atomic mass is 10.1. The Labute approximate surface area is 212 Å². The van der Waals surface area contributed by atoms with Gasteiger partial charge < -0.3 is 20.7 Å². The van der Waals surface area contributed by atoms with Gasteiger partial charge >= 0.3 is 0 Å². The molecule has 0 saturated heterocycles. The Morgan fingerprint density at radius 2 is 1.83 bits per heavy atom. The summed E-state index contributed by atoms with van der Waals surface area (Å²) < 4.78 is 0.880. The van der Waals surface area contributed by atoms with Crippen molar-refractivity contribution >= 4 is 55.3 Å². The molecule has 3 heterocycles. The zero-order chi connectivity index (χ0) is 24.3. The first-order valence-corrected chi connectivity index (χ1v) is 13.3. The Hall–Kier alpha value is -3.14. The van der Waals surface area contributed by atoms with Gasteiger partial charge in [0.2, 0.25) is 0 Å². The quantitative estimate of drug-likeness (QED) is 0.143. The highest BCUT2D eigenvalue weighted by atomic mass is 32.2. The van der Waals surface area contributed by atoms with Crippen LogP contribution in [0.1, 0.15) is 25.0 Å². The number of hydrogen-bond donors (Lipinski definition) is 4. The summed E-state index contributed by atoms with van der Waals surface area (Å²) in [4.78, 5) is 17.6. The fourth-order valence-corrected chi connectivity index (χ4v) is 5.42. The summed E-state index contributed by atoms with van der Waals surface area (Å²) in [5.41, 5.74) is 3.78. The first-order chi connectivity index (χ1) is 17.0. The van der Waals surface area contributed by atoms with E-state index in [1.807, 2.05) is 38.1 Å². The fraction of sp³-hybridized carbons (Fsp3) is 0.269. The third-order valence-electron chi connectivity index (χ3n) is 5.64. The molecule has 5 rings (SSSR count). The van der Waals surface area contributed by atoms with E-state index in [4.69, 9.17) is 15.0 Å². The predicted octanol–water partition coefficient (Wildman–Crippen LogP) is 5.70. The number of thiazole rings is 1. The molecule has 0 unspecified atom stereocenters. The molecule has 0 saturated carbocycles. The van der Waals surface area contributed by atoms with E-state index in [1.165, 1.54) is 27.8 Å². The van der Waals surface area contributed by atoms with Crippen LogP contribution in [-0.2, 0) is 12.2 Å². The predicted molar refractivity (Wildman–Crippen MR) is 146 cm³/mol. The van der Waals surface area contributed by atoms with Gasteiger partial charge in [0, 0.05) is 29.4 Å². The number of anilines is 2. The van der Waals surface area contributed by atoms with Gasteiger partial charge in [0.1, 0.15) is 4.70 Å². The molecule has 9 heteroatoms. The molecule has 0 bridgehead atoms. The number of rotatable bonds is 10. The van der Waals surface area contributed by atoms with Crippen molar-refractivity contribution in [3.8, 4) is 0 Å². The Morgan fingerprint density at radius 1 is 1.03 bits per heavy atom. The van der Waals surface area contributed by atoms with Crippen molar-refractivity contribution < 1.29 is 5.11 Å². The maximum Gasteiger partial charge on any atom is 0.191 e. The molecule has 0 atom stereocenters. The minimum Gasteiger partial charge on any atom is -0.394 e. The van der Waals surface area contributed by atoms with E-state index in [2.05, 4.69) is 52.1 Å². The number of H-pyrrole nitrogens is 1. The third kappa shape index (κ3) is 5.58. The van der Waals surface area contributed by atoms with Crippen molar-refractivity contribution in [2.24, 2.45) is 0 Å². The molecule has 3 aromatic heterocycles. The van der Waals surface area contributed by atoms with Gasteiger partial charge in [-0.1, -0.05) is 71.6 Å². The largest absolute Gasteiger partial charge is 0.394 e. The molecular weight excluding hydrogens is 476 g/mol. The van der Waals surface area contributed by atoms with Crippen LogP contribution in [0.4, 0.5) is 10.9 Å². The van der Waals surface area contributed by atoms with E-state index in [1.54, 1.807) is 11.8 Å². The van der Waals surface area contributed by atoms with E-state index < -0.39 is 5.54 Å². The number of hydrogen-bond acceptors (Lipinski definition) is 8. The first kappa shape index (κ1) is 23.6. The van der Waals surface area contributed by atoms with E-state index in [0.29, 0.717) is 16.6 Å². The number of aromatic nitrogens is 4. The number of fused-ring (bicyclic) bond motifs is 2. The van der Waals surface area contributed by atoms with Crippen LogP contribution >= 0.6 is 23.1 Å². The highest BCUT2D eigenvalue weighted by Crippen LogP contribution is 2.34. The standard InChI is InChI=1S/C26H28N6OS2/c1-26(2,16-33)32-23-21-22(30-25(31-23)34-15-17-8-4-3-5-9-17)29-24(35-21)27-13-12-18-14-28-20-11-7-6-10-19(18)20/h3-11,14,28,33H,12-13,15-16H2,1-2H3,(H2,27,29,30,31,32). The van der Waals surface area contributed by atoms with Gasteiger partial charge in [0.05, 0.1) is 12.1 Å². The molecule has 0 aliphatic carbocycles. The maximum absolute atomic E-state index is 9.80. The second kappa shape index (κ2) is 10.2. The van der Waals surface area contributed by atoms with Gasteiger partial charge in [-0.25, -0.2) is 9.97 Å².